The third kappa shape index (κ3) is 7.11. The van der Waals surface area contributed by atoms with E-state index < -0.39 is 5.60 Å². The van der Waals surface area contributed by atoms with Crippen molar-refractivity contribution in [3.05, 3.63) is 29.6 Å². The Kier molecular flexibility index (Phi) is 6.66. The monoisotopic (exact) mass is 292 g/mol. The first-order chi connectivity index (χ1) is 9.84. The zero-order valence-electron chi connectivity index (χ0n) is 13.9. The van der Waals surface area contributed by atoms with Crippen LogP contribution in [0.25, 0.3) is 0 Å². The molecule has 0 aliphatic carbocycles. The van der Waals surface area contributed by atoms with Crippen molar-refractivity contribution in [2.24, 2.45) is 0 Å². The highest BCUT2D eigenvalue weighted by atomic mass is 16.6. The molecular weight excluding hydrogens is 264 g/mol. The second kappa shape index (κ2) is 8.01. The molecule has 0 saturated heterocycles. The Hall–Kier alpha value is -1.58. The van der Waals surface area contributed by atoms with Gasteiger partial charge in [0.25, 0.3) is 0 Å². The molecule has 0 aromatic carbocycles. The molecule has 1 aromatic heterocycles. The molecule has 1 amide bonds. The zero-order valence-corrected chi connectivity index (χ0v) is 13.9. The number of hydrogen-bond acceptors (Lipinski definition) is 3. The molecule has 0 bridgehead atoms. The van der Waals surface area contributed by atoms with Crippen molar-refractivity contribution < 1.29 is 9.53 Å². The number of aromatic nitrogens is 1. The quantitative estimate of drug-likeness (QED) is 0.865. The summed E-state index contributed by atoms with van der Waals surface area (Å²) in [5, 5.41) is 2.94. The first-order valence-electron chi connectivity index (χ1n) is 7.76. The van der Waals surface area contributed by atoms with E-state index in [1.54, 1.807) is 0 Å². The van der Waals surface area contributed by atoms with Crippen molar-refractivity contribution >= 4 is 6.09 Å². The fourth-order valence-corrected chi connectivity index (χ4v) is 2.06. The summed E-state index contributed by atoms with van der Waals surface area (Å²) in [5.41, 5.74) is 2.02. The van der Waals surface area contributed by atoms with E-state index in [0.29, 0.717) is 0 Å². The standard InChI is InChI=1S/C17H28N2O2/c1-6-13-10-14(12-18-11-13)8-9-15(7-2)19-16(20)21-17(3,4)5/h10-12,15H,6-9H2,1-5H3,(H,19,20)/t15-/m1/s1. The fraction of sp³-hybridized carbons (Fsp3) is 0.647. The van der Waals surface area contributed by atoms with E-state index in [9.17, 15) is 4.79 Å². The molecule has 0 radical (unpaired) electrons. The third-order valence-corrected chi connectivity index (χ3v) is 3.25. The van der Waals surface area contributed by atoms with E-state index in [1.807, 2.05) is 33.2 Å². The minimum absolute atomic E-state index is 0.130. The van der Waals surface area contributed by atoms with Crippen LogP contribution < -0.4 is 5.32 Å². The summed E-state index contributed by atoms with van der Waals surface area (Å²) in [6.07, 6.45) is 7.16. The van der Waals surface area contributed by atoms with Gasteiger partial charge in [0.2, 0.25) is 0 Å². The SMILES string of the molecule is CCc1cncc(CC[C@@H](CC)NC(=O)OC(C)(C)C)c1. The van der Waals surface area contributed by atoms with E-state index in [4.69, 9.17) is 4.74 Å². The van der Waals surface area contributed by atoms with E-state index in [2.05, 4.69) is 30.2 Å². The fourth-order valence-electron chi connectivity index (χ4n) is 2.06. The van der Waals surface area contributed by atoms with Gasteiger partial charge < -0.3 is 10.1 Å². The number of amides is 1. The molecule has 21 heavy (non-hydrogen) atoms. The maximum absolute atomic E-state index is 11.8. The highest BCUT2D eigenvalue weighted by molar-refractivity contribution is 5.68. The van der Waals surface area contributed by atoms with Crippen LogP contribution in [-0.2, 0) is 17.6 Å². The average molecular weight is 292 g/mol. The van der Waals surface area contributed by atoms with Crippen molar-refractivity contribution in [3.63, 3.8) is 0 Å². The first-order valence-corrected chi connectivity index (χ1v) is 7.76. The number of ether oxygens (including phenoxy) is 1. The topological polar surface area (TPSA) is 51.2 Å². The van der Waals surface area contributed by atoms with Crippen molar-refractivity contribution in [2.45, 2.75) is 71.9 Å². The molecule has 0 aliphatic rings. The van der Waals surface area contributed by atoms with E-state index >= 15 is 0 Å². The molecule has 0 unspecified atom stereocenters. The zero-order chi connectivity index (χ0) is 15.9. The summed E-state index contributed by atoms with van der Waals surface area (Å²) in [4.78, 5) is 16.1. The van der Waals surface area contributed by atoms with Gasteiger partial charge in [-0.15, -0.1) is 0 Å². The smallest absolute Gasteiger partial charge is 0.407 e. The molecule has 4 nitrogen and oxygen atoms in total. The minimum atomic E-state index is -0.457. The number of alkyl carbamates (subject to hydrolysis) is 1. The number of pyridine rings is 1. The van der Waals surface area contributed by atoms with Crippen LogP contribution in [0.1, 0.15) is 58.6 Å². The molecule has 0 saturated carbocycles. The molecule has 4 heteroatoms. The Bertz CT molecular complexity index is 452. The Morgan fingerprint density at radius 3 is 2.52 bits per heavy atom. The van der Waals surface area contributed by atoms with Crippen molar-refractivity contribution in [3.8, 4) is 0 Å². The van der Waals surface area contributed by atoms with E-state index in [1.165, 1.54) is 11.1 Å². The van der Waals surface area contributed by atoms with Crippen LogP contribution >= 0.6 is 0 Å². The highest BCUT2D eigenvalue weighted by Gasteiger charge is 2.18. The molecule has 0 fully saturated rings. The Balaban J connectivity index is 2.48. The molecule has 118 valence electrons. The summed E-state index contributed by atoms with van der Waals surface area (Å²) >= 11 is 0. The van der Waals surface area contributed by atoms with E-state index in [-0.39, 0.29) is 12.1 Å². The molecule has 1 N–H and O–H groups in total. The average Bonchev–Trinajstić information content (AvgIpc) is 2.41. The van der Waals surface area contributed by atoms with Gasteiger partial charge in [0, 0.05) is 18.4 Å². The number of carbonyl (C=O) groups excluding carboxylic acids is 1. The van der Waals surface area contributed by atoms with Gasteiger partial charge in [-0.05, 0) is 57.6 Å². The lowest BCUT2D eigenvalue weighted by Gasteiger charge is -2.23. The number of rotatable bonds is 6. The third-order valence-electron chi connectivity index (χ3n) is 3.25. The molecule has 0 aliphatic heterocycles. The largest absolute Gasteiger partial charge is 0.444 e. The maximum atomic E-state index is 11.8. The van der Waals surface area contributed by atoms with Gasteiger partial charge in [0.15, 0.2) is 0 Å². The van der Waals surface area contributed by atoms with Crippen LogP contribution in [0.4, 0.5) is 4.79 Å². The normalized spacial score (nSPS) is 12.8. The number of hydrogen-bond donors (Lipinski definition) is 1. The lowest BCUT2D eigenvalue weighted by molar-refractivity contribution is 0.0500. The van der Waals surface area contributed by atoms with Gasteiger partial charge >= 0.3 is 6.09 Å². The predicted octanol–water partition coefficient (Wildman–Crippen LogP) is 3.88. The van der Waals surface area contributed by atoms with Crippen molar-refractivity contribution in [2.75, 3.05) is 0 Å². The minimum Gasteiger partial charge on any atom is -0.444 e. The van der Waals surface area contributed by atoms with Gasteiger partial charge in [0.05, 0.1) is 0 Å². The van der Waals surface area contributed by atoms with Crippen LogP contribution in [0, 0.1) is 0 Å². The van der Waals surface area contributed by atoms with Crippen LogP contribution in [0.5, 0.6) is 0 Å². The molecule has 0 spiro atoms. The number of carbonyl (C=O) groups is 1. The predicted molar refractivity (Wildman–Crippen MR) is 85.4 cm³/mol. The molecule has 1 rings (SSSR count). The van der Waals surface area contributed by atoms with Gasteiger partial charge in [-0.2, -0.15) is 0 Å². The van der Waals surface area contributed by atoms with Crippen LogP contribution in [0.15, 0.2) is 18.5 Å². The summed E-state index contributed by atoms with van der Waals surface area (Å²) in [5.74, 6) is 0. The molecule has 1 aromatic rings. The van der Waals surface area contributed by atoms with Gasteiger partial charge in [-0.1, -0.05) is 19.9 Å². The van der Waals surface area contributed by atoms with Crippen molar-refractivity contribution in [1.82, 2.24) is 10.3 Å². The molecule has 1 heterocycles. The summed E-state index contributed by atoms with van der Waals surface area (Å²) < 4.78 is 5.30. The highest BCUT2D eigenvalue weighted by Crippen LogP contribution is 2.11. The van der Waals surface area contributed by atoms with Crippen LogP contribution in [-0.4, -0.2) is 22.7 Å². The molecule has 1 atom stereocenters. The van der Waals surface area contributed by atoms with Gasteiger partial charge in [-0.3, -0.25) is 4.98 Å². The Labute approximate surface area is 128 Å². The lowest BCUT2D eigenvalue weighted by Crippen LogP contribution is -2.39. The Morgan fingerprint density at radius 1 is 1.29 bits per heavy atom. The number of nitrogens with zero attached hydrogens (tertiary/aromatic N) is 1. The maximum Gasteiger partial charge on any atom is 0.407 e. The summed E-state index contributed by atoms with van der Waals surface area (Å²) in [7, 11) is 0. The van der Waals surface area contributed by atoms with Crippen LogP contribution in [0.3, 0.4) is 0 Å². The first kappa shape index (κ1) is 17.5. The second-order valence-electron chi connectivity index (χ2n) is 6.35. The van der Waals surface area contributed by atoms with Gasteiger partial charge in [-0.25, -0.2) is 4.79 Å². The molecular formula is C17H28N2O2. The number of nitrogens with one attached hydrogen (secondary N) is 1. The second-order valence-corrected chi connectivity index (χ2v) is 6.35. The van der Waals surface area contributed by atoms with Crippen LogP contribution in [0.2, 0.25) is 0 Å². The van der Waals surface area contributed by atoms with E-state index in [0.717, 1.165) is 25.7 Å². The summed E-state index contributed by atoms with van der Waals surface area (Å²) in [6, 6.07) is 2.32. The summed E-state index contributed by atoms with van der Waals surface area (Å²) in [6.45, 7) is 9.81. The lowest BCUT2D eigenvalue weighted by atomic mass is 10.0. The van der Waals surface area contributed by atoms with Gasteiger partial charge in [0.1, 0.15) is 5.60 Å². The Morgan fingerprint density at radius 2 is 1.95 bits per heavy atom. The number of aryl methyl sites for hydroxylation is 2. The van der Waals surface area contributed by atoms with Crippen molar-refractivity contribution in [1.29, 1.82) is 0 Å².